The van der Waals surface area contributed by atoms with Crippen LogP contribution in [0.3, 0.4) is 0 Å². The summed E-state index contributed by atoms with van der Waals surface area (Å²) in [6.45, 7) is 0.298. The molecule has 0 atom stereocenters. The Bertz CT molecular complexity index is 818. The van der Waals surface area contributed by atoms with Crippen molar-refractivity contribution in [3.05, 3.63) is 77.2 Å². The molecule has 4 nitrogen and oxygen atoms in total. The third-order valence-electron chi connectivity index (χ3n) is 3.18. The predicted molar refractivity (Wildman–Crippen MR) is 88.7 cm³/mol. The Labute approximate surface area is 138 Å². The van der Waals surface area contributed by atoms with Gasteiger partial charge in [0.15, 0.2) is 11.5 Å². The average Bonchev–Trinajstić information content (AvgIpc) is 3.23. The number of amides is 1. The molecule has 1 aromatic carbocycles. The lowest BCUT2D eigenvalue weighted by molar-refractivity contribution is -0.116. The standard InChI is InChI=1S/C18H14ClNO3/c19-15-5-2-1-4-13(15)7-10-18(21)20-12-14-8-9-17(23-14)16-6-3-11-22-16/h1-11H,12H2,(H,20,21)/b10-7+. The molecule has 1 amide bonds. The van der Waals surface area contributed by atoms with Crippen LogP contribution in [0.25, 0.3) is 17.6 Å². The topological polar surface area (TPSA) is 55.4 Å². The van der Waals surface area contributed by atoms with Gasteiger partial charge < -0.3 is 14.2 Å². The van der Waals surface area contributed by atoms with Crippen molar-refractivity contribution in [2.75, 3.05) is 0 Å². The largest absolute Gasteiger partial charge is 0.461 e. The SMILES string of the molecule is O=C(/C=C/c1ccccc1Cl)NCc1ccc(-c2ccco2)o1. The van der Waals surface area contributed by atoms with Gasteiger partial charge in [-0.15, -0.1) is 0 Å². The van der Waals surface area contributed by atoms with Gasteiger partial charge in [0.2, 0.25) is 5.91 Å². The zero-order valence-corrected chi connectivity index (χ0v) is 12.9. The summed E-state index contributed by atoms with van der Waals surface area (Å²) in [5, 5.41) is 3.36. The Morgan fingerprint density at radius 1 is 1.09 bits per heavy atom. The number of furan rings is 2. The molecule has 3 rings (SSSR count). The number of rotatable bonds is 5. The molecule has 0 fully saturated rings. The monoisotopic (exact) mass is 327 g/mol. The Balaban J connectivity index is 1.56. The molecule has 0 saturated heterocycles. The summed E-state index contributed by atoms with van der Waals surface area (Å²) < 4.78 is 10.9. The van der Waals surface area contributed by atoms with E-state index in [4.69, 9.17) is 20.4 Å². The average molecular weight is 328 g/mol. The van der Waals surface area contributed by atoms with Gasteiger partial charge in [-0.25, -0.2) is 0 Å². The lowest BCUT2D eigenvalue weighted by atomic mass is 10.2. The van der Waals surface area contributed by atoms with Crippen molar-refractivity contribution in [2.45, 2.75) is 6.54 Å². The van der Waals surface area contributed by atoms with Crippen LogP contribution in [0.4, 0.5) is 0 Å². The first-order valence-electron chi connectivity index (χ1n) is 7.05. The van der Waals surface area contributed by atoms with E-state index in [-0.39, 0.29) is 5.91 Å². The second kappa shape index (κ2) is 7.03. The minimum Gasteiger partial charge on any atom is -0.461 e. The summed E-state index contributed by atoms with van der Waals surface area (Å²) >= 11 is 6.03. The molecule has 2 aromatic heterocycles. The molecule has 5 heteroatoms. The predicted octanol–water partition coefficient (Wildman–Crippen LogP) is 4.52. The second-order valence-electron chi connectivity index (χ2n) is 4.82. The molecule has 0 aliphatic carbocycles. The van der Waals surface area contributed by atoms with Crippen LogP contribution < -0.4 is 5.32 Å². The van der Waals surface area contributed by atoms with E-state index >= 15 is 0 Å². The zero-order chi connectivity index (χ0) is 16.1. The highest BCUT2D eigenvalue weighted by atomic mass is 35.5. The number of nitrogens with one attached hydrogen (secondary N) is 1. The summed E-state index contributed by atoms with van der Waals surface area (Å²) in [5.41, 5.74) is 0.794. The molecule has 0 radical (unpaired) electrons. The molecule has 2 heterocycles. The van der Waals surface area contributed by atoms with E-state index in [0.29, 0.717) is 28.8 Å². The van der Waals surface area contributed by atoms with Gasteiger partial charge in [-0.1, -0.05) is 29.8 Å². The third kappa shape index (κ3) is 3.93. The maximum atomic E-state index is 11.8. The van der Waals surface area contributed by atoms with Crippen LogP contribution in [0, 0.1) is 0 Å². The van der Waals surface area contributed by atoms with E-state index in [1.54, 1.807) is 36.6 Å². The maximum Gasteiger partial charge on any atom is 0.244 e. The van der Waals surface area contributed by atoms with Crippen LogP contribution in [-0.2, 0) is 11.3 Å². The summed E-state index contributed by atoms with van der Waals surface area (Å²) in [6, 6.07) is 14.5. The number of halogens is 1. The molecule has 0 spiro atoms. The molecule has 0 aliphatic heterocycles. The number of hydrogen-bond acceptors (Lipinski definition) is 3. The van der Waals surface area contributed by atoms with Crippen LogP contribution in [0.5, 0.6) is 0 Å². The molecule has 23 heavy (non-hydrogen) atoms. The van der Waals surface area contributed by atoms with Gasteiger partial charge >= 0.3 is 0 Å². The fourth-order valence-electron chi connectivity index (χ4n) is 2.03. The molecule has 1 N–H and O–H groups in total. The highest BCUT2D eigenvalue weighted by molar-refractivity contribution is 6.32. The van der Waals surface area contributed by atoms with Crippen molar-refractivity contribution in [3.63, 3.8) is 0 Å². The summed E-state index contributed by atoms with van der Waals surface area (Å²) in [7, 11) is 0. The van der Waals surface area contributed by atoms with Gasteiger partial charge in [0.25, 0.3) is 0 Å². The van der Waals surface area contributed by atoms with Crippen LogP contribution in [0.1, 0.15) is 11.3 Å². The van der Waals surface area contributed by atoms with Crippen molar-refractivity contribution < 1.29 is 13.6 Å². The fourth-order valence-corrected chi connectivity index (χ4v) is 2.23. The molecule has 116 valence electrons. The summed E-state index contributed by atoms with van der Waals surface area (Å²) in [6.07, 6.45) is 4.70. The summed E-state index contributed by atoms with van der Waals surface area (Å²) in [5.74, 6) is 1.71. The number of carbonyl (C=O) groups excluding carboxylic acids is 1. The highest BCUT2D eigenvalue weighted by Gasteiger charge is 2.07. The Hall–Kier alpha value is -2.72. The molecular weight excluding hydrogens is 314 g/mol. The summed E-state index contributed by atoms with van der Waals surface area (Å²) in [4.78, 5) is 11.8. The van der Waals surface area contributed by atoms with Crippen LogP contribution in [0.2, 0.25) is 5.02 Å². The van der Waals surface area contributed by atoms with Crippen molar-refractivity contribution in [1.29, 1.82) is 0 Å². The first-order chi connectivity index (χ1) is 11.2. The van der Waals surface area contributed by atoms with Crippen LogP contribution in [-0.4, -0.2) is 5.91 Å². The minimum atomic E-state index is -0.221. The Morgan fingerprint density at radius 3 is 2.74 bits per heavy atom. The van der Waals surface area contributed by atoms with Gasteiger partial charge in [0.1, 0.15) is 5.76 Å². The molecule has 0 bridgehead atoms. The highest BCUT2D eigenvalue weighted by Crippen LogP contribution is 2.22. The lowest BCUT2D eigenvalue weighted by Gasteiger charge is -2.00. The first kappa shape index (κ1) is 15.2. The van der Waals surface area contributed by atoms with Crippen molar-refractivity contribution >= 4 is 23.6 Å². The third-order valence-corrected chi connectivity index (χ3v) is 3.53. The van der Waals surface area contributed by atoms with E-state index in [9.17, 15) is 4.79 Å². The van der Waals surface area contributed by atoms with Crippen molar-refractivity contribution in [3.8, 4) is 11.5 Å². The van der Waals surface area contributed by atoms with E-state index < -0.39 is 0 Å². The van der Waals surface area contributed by atoms with E-state index in [1.165, 1.54) is 6.08 Å². The van der Waals surface area contributed by atoms with Gasteiger partial charge in [0.05, 0.1) is 12.8 Å². The number of carbonyl (C=O) groups is 1. The van der Waals surface area contributed by atoms with Gasteiger partial charge in [0, 0.05) is 11.1 Å². The number of benzene rings is 1. The van der Waals surface area contributed by atoms with E-state index in [1.807, 2.05) is 24.3 Å². The van der Waals surface area contributed by atoms with Gasteiger partial charge in [-0.05, 0) is 42.0 Å². The Kier molecular flexibility index (Phi) is 4.64. The van der Waals surface area contributed by atoms with Crippen molar-refractivity contribution in [2.24, 2.45) is 0 Å². The zero-order valence-electron chi connectivity index (χ0n) is 12.2. The lowest BCUT2D eigenvalue weighted by Crippen LogP contribution is -2.19. The van der Waals surface area contributed by atoms with Crippen LogP contribution >= 0.6 is 11.6 Å². The Morgan fingerprint density at radius 2 is 1.96 bits per heavy atom. The van der Waals surface area contributed by atoms with Gasteiger partial charge in [-0.2, -0.15) is 0 Å². The molecule has 0 saturated carbocycles. The molecule has 0 unspecified atom stereocenters. The quantitative estimate of drug-likeness (QED) is 0.701. The van der Waals surface area contributed by atoms with E-state index in [2.05, 4.69) is 5.32 Å². The smallest absolute Gasteiger partial charge is 0.244 e. The van der Waals surface area contributed by atoms with Gasteiger partial charge in [-0.3, -0.25) is 4.79 Å². The van der Waals surface area contributed by atoms with E-state index in [0.717, 1.165) is 5.56 Å². The number of hydrogen-bond donors (Lipinski definition) is 1. The molecule has 0 aliphatic rings. The maximum absolute atomic E-state index is 11.8. The minimum absolute atomic E-state index is 0.221. The normalized spacial score (nSPS) is 11.0. The molecule has 3 aromatic rings. The van der Waals surface area contributed by atoms with Crippen LogP contribution in [0.15, 0.2) is 69.7 Å². The fraction of sp³-hybridized carbons (Fsp3) is 0.0556. The second-order valence-corrected chi connectivity index (χ2v) is 5.22. The molecular formula is C18H14ClNO3. The van der Waals surface area contributed by atoms with Crippen molar-refractivity contribution in [1.82, 2.24) is 5.32 Å². The first-order valence-corrected chi connectivity index (χ1v) is 7.43.